The number of anilines is 1. The van der Waals surface area contributed by atoms with E-state index in [9.17, 15) is 14.7 Å². The smallest absolute Gasteiger partial charge is 0.272 e. The van der Waals surface area contributed by atoms with Crippen molar-refractivity contribution < 1.29 is 9.90 Å². The Kier molecular flexibility index (Phi) is 6.41. The summed E-state index contributed by atoms with van der Waals surface area (Å²) < 4.78 is 3.00. The van der Waals surface area contributed by atoms with Crippen LogP contribution < -0.4 is 10.9 Å². The lowest BCUT2D eigenvalue weighted by atomic mass is 10.0. The normalized spacial score (nSPS) is 11.5. The van der Waals surface area contributed by atoms with Gasteiger partial charge in [0.25, 0.3) is 5.56 Å². The van der Waals surface area contributed by atoms with Crippen molar-refractivity contribution in [3.8, 4) is 0 Å². The van der Waals surface area contributed by atoms with Gasteiger partial charge in [0.1, 0.15) is 4.70 Å². The number of rotatable bonds is 7. The van der Waals surface area contributed by atoms with Gasteiger partial charge in [-0.2, -0.15) is 0 Å². The lowest BCUT2D eigenvalue weighted by Gasteiger charge is -2.11. The van der Waals surface area contributed by atoms with Crippen LogP contribution in [0.1, 0.15) is 25.3 Å². The molecule has 0 aliphatic carbocycles. The number of hydrogen-bond acceptors (Lipinski definition) is 6. The van der Waals surface area contributed by atoms with Gasteiger partial charge in [0.05, 0.1) is 24.4 Å². The Balaban J connectivity index is 1.58. The first kappa shape index (κ1) is 21.5. The molecule has 0 saturated carbocycles. The zero-order valence-corrected chi connectivity index (χ0v) is 18.9. The SMILES string of the molecule is CC(C)c1ccc(NC(=O)CSc2nc3c(sc4ccccc43)c(=O)n2CCO)cc1. The van der Waals surface area contributed by atoms with E-state index in [1.165, 1.54) is 33.2 Å². The molecule has 0 fully saturated rings. The molecule has 4 aromatic rings. The van der Waals surface area contributed by atoms with Crippen molar-refractivity contribution in [1.82, 2.24) is 9.55 Å². The van der Waals surface area contributed by atoms with Crippen LogP contribution in [0.2, 0.25) is 0 Å². The van der Waals surface area contributed by atoms with Crippen LogP contribution >= 0.6 is 23.1 Å². The highest BCUT2D eigenvalue weighted by Crippen LogP contribution is 2.31. The quantitative estimate of drug-likeness (QED) is 0.319. The molecule has 0 aliphatic rings. The predicted molar refractivity (Wildman–Crippen MR) is 128 cm³/mol. The highest BCUT2D eigenvalue weighted by molar-refractivity contribution is 7.99. The summed E-state index contributed by atoms with van der Waals surface area (Å²) in [4.78, 5) is 30.2. The molecule has 0 saturated heterocycles. The predicted octanol–water partition coefficient (Wildman–Crippen LogP) is 4.46. The number of amides is 1. The Bertz CT molecular complexity index is 1290. The van der Waals surface area contributed by atoms with Gasteiger partial charge in [-0.25, -0.2) is 4.98 Å². The van der Waals surface area contributed by atoms with Crippen LogP contribution in [-0.2, 0) is 11.3 Å². The number of nitrogens with one attached hydrogen (secondary N) is 1. The third kappa shape index (κ3) is 4.51. The van der Waals surface area contributed by atoms with Gasteiger partial charge < -0.3 is 10.4 Å². The van der Waals surface area contributed by atoms with Crippen LogP contribution in [0.25, 0.3) is 20.3 Å². The summed E-state index contributed by atoms with van der Waals surface area (Å²) in [5.41, 5.74) is 2.40. The zero-order valence-electron chi connectivity index (χ0n) is 17.3. The molecule has 0 aliphatic heterocycles. The minimum Gasteiger partial charge on any atom is -0.395 e. The zero-order chi connectivity index (χ0) is 22.0. The summed E-state index contributed by atoms with van der Waals surface area (Å²) in [5, 5.41) is 13.7. The van der Waals surface area contributed by atoms with Gasteiger partial charge in [0.15, 0.2) is 5.16 Å². The Morgan fingerprint density at radius 3 is 2.65 bits per heavy atom. The first-order valence-electron chi connectivity index (χ1n) is 10.0. The average molecular weight is 454 g/mol. The van der Waals surface area contributed by atoms with Crippen molar-refractivity contribution in [2.45, 2.75) is 31.5 Å². The average Bonchev–Trinajstić information content (AvgIpc) is 3.14. The summed E-state index contributed by atoms with van der Waals surface area (Å²) >= 11 is 2.60. The number of thioether (sulfide) groups is 1. The van der Waals surface area contributed by atoms with E-state index in [-0.39, 0.29) is 30.4 Å². The van der Waals surface area contributed by atoms with Crippen molar-refractivity contribution in [2.24, 2.45) is 0 Å². The molecule has 31 heavy (non-hydrogen) atoms. The molecule has 2 heterocycles. The number of nitrogens with zero attached hydrogens (tertiary/aromatic N) is 2. The lowest BCUT2D eigenvalue weighted by Crippen LogP contribution is -2.25. The van der Waals surface area contributed by atoms with Crippen LogP contribution in [0.15, 0.2) is 58.5 Å². The maximum atomic E-state index is 13.0. The summed E-state index contributed by atoms with van der Waals surface area (Å²) in [6.07, 6.45) is 0. The van der Waals surface area contributed by atoms with Gasteiger partial charge in [-0.05, 0) is 29.7 Å². The molecular formula is C23H23N3O3S2. The number of carbonyl (C=O) groups is 1. The fourth-order valence-corrected chi connectivity index (χ4v) is 5.25. The van der Waals surface area contributed by atoms with Crippen molar-refractivity contribution >= 4 is 55.0 Å². The molecule has 0 radical (unpaired) electrons. The fraction of sp³-hybridized carbons (Fsp3) is 0.261. The number of benzene rings is 2. The molecule has 8 heteroatoms. The molecule has 2 aromatic heterocycles. The number of hydrogen-bond donors (Lipinski definition) is 2. The number of fused-ring (bicyclic) bond motifs is 3. The second kappa shape index (κ2) is 9.21. The van der Waals surface area contributed by atoms with Crippen molar-refractivity contribution in [2.75, 3.05) is 17.7 Å². The molecule has 1 amide bonds. The van der Waals surface area contributed by atoms with E-state index < -0.39 is 0 Å². The first-order chi connectivity index (χ1) is 15.0. The number of thiophene rings is 1. The third-order valence-corrected chi connectivity index (χ3v) is 7.09. The molecule has 6 nitrogen and oxygen atoms in total. The lowest BCUT2D eigenvalue weighted by molar-refractivity contribution is -0.113. The molecule has 0 bridgehead atoms. The van der Waals surface area contributed by atoms with Crippen molar-refractivity contribution in [3.63, 3.8) is 0 Å². The number of aliphatic hydroxyl groups excluding tert-OH is 1. The van der Waals surface area contributed by atoms with E-state index in [1.807, 2.05) is 48.5 Å². The van der Waals surface area contributed by atoms with Gasteiger partial charge in [0, 0.05) is 15.8 Å². The van der Waals surface area contributed by atoms with E-state index in [2.05, 4.69) is 19.2 Å². The molecular weight excluding hydrogens is 430 g/mol. The van der Waals surface area contributed by atoms with Crippen LogP contribution in [0.3, 0.4) is 0 Å². The van der Waals surface area contributed by atoms with Crippen molar-refractivity contribution in [1.29, 1.82) is 0 Å². The van der Waals surface area contributed by atoms with Crippen LogP contribution in [0.5, 0.6) is 0 Å². The number of aliphatic hydroxyl groups is 1. The van der Waals surface area contributed by atoms with Gasteiger partial charge in [-0.1, -0.05) is 55.9 Å². The molecule has 0 atom stereocenters. The molecule has 0 unspecified atom stereocenters. The van der Waals surface area contributed by atoms with Crippen LogP contribution in [-0.4, -0.2) is 32.9 Å². The molecule has 160 valence electrons. The minimum absolute atomic E-state index is 0.109. The summed E-state index contributed by atoms with van der Waals surface area (Å²) in [7, 11) is 0. The second-order valence-corrected chi connectivity index (χ2v) is 9.46. The Labute approximate surface area is 187 Å². The standard InChI is InChI=1S/C23H23N3O3S2/c1-14(2)15-7-9-16(10-8-15)24-19(28)13-30-23-25-20-17-5-3-4-6-18(17)31-21(20)22(29)26(23)11-12-27/h3-10,14,27H,11-13H2,1-2H3,(H,24,28). The maximum absolute atomic E-state index is 13.0. The van der Waals surface area contributed by atoms with Crippen LogP contribution in [0.4, 0.5) is 5.69 Å². The number of carbonyl (C=O) groups excluding carboxylic acids is 1. The monoisotopic (exact) mass is 453 g/mol. The van der Waals surface area contributed by atoms with E-state index >= 15 is 0 Å². The highest BCUT2D eigenvalue weighted by atomic mass is 32.2. The Morgan fingerprint density at radius 1 is 1.19 bits per heavy atom. The van der Waals surface area contributed by atoms with E-state index in [0.29, 0.717) is 21.3 Å². The molecule has 2 aromatic carbocycles. The summed E-state index contributed by atoms with van der Waals surface area (Å²) in [6, 6.07) is 15.5. The minimum atomic E-state index is -0.188. The van der Waals surface area contributed by atoms with Gasteiger partial charge in [-0.15, -0.1) is 11.3 Å². The van der Waals surface area contributed by atoms with Gasteiger partial charge >= 0.3 is 0 Å². The number of aromatic nitrogens is 2. The van der Waals surface area contributed by atoms with Gasteiger partial charge in [0.2, 0.25) is 5.91 Å². The Morgan fingerprint density at radius 2 is 1.94 bits per heavy atom. The Hall–Kier alpha value is -2.68. The van der Waals surface area contributed by atoms with E-state index in [4.69, 9.17) is 4.98 Å². The molecule has 0 spiro atoms. The third-order valence-electron chi connectivity index (χ3n) is 4.96. The largest absolute Gasteiger partial charge is 0.395 e. The molecule has 2 N–H and O–H groups in total. The highest BCUT2D eigenvalue weighted by Gasteiger charge is 2.17. The van der Waals surface area contributed by atoms with E-state index in [1.54, 1.807) is 0 Å². The second-order valence-electron chi connectivity index (χ2n) is 7.46. The maximum Gasteiger partial charge on any atom is 0.272 e. The molecule has 4 rings (SSSR count). The fourth-order valence-electron chi connectivity index (χ4n) is 3.34. The summed E-state index contributed by atoms with van der Waals surface area (Å²) in [5.74, 6) is 0.359. The van der Waals surface area contributed by atoms with Crippen molar-refractivity contribution in [3.05, 3.63) is 64.4 Å². The van der Waals surface area contributed by atoms with Crippen LogP contribution in [0, 0.1) is 0 Å². The first-order valence-corrected chi connectivity index (χ1v) is 11.8. The van der Waals surface area contributed by atoms with Gasteiger partial charge in [-0.3, -0.25) is 14.2 Å². The topological polar surface area (TPSA) is 84.2 Å². The summed E-state index contributed by atoms with van der Waals surface area (Å²) in [6.45, 7) is 4.20. The van der Waals surface area contributed by atoms with E-state index in [0.717, 1.165) is 15.8 Å².